The van der Waals surface area contributed by atoms with E-state index in [9.17, 15) is 0 Å². The van der Waals surface area contributed by atoms with E-state index in [0.29, 0.717) is 0 Å². The number of hydrogen-bond acceptors (Lipinski definition) is 0. The average molecular weight is 264 g/mol. The Morgan fingerprint density at radius 3 is 1.53 bits per heavy atom. The van der Waals surface area contributed by atoms with Crippen LogP contribution in [0.1, 0.15) is 47.5 Å². The molecule has 0 saturated heterocycles. The van der Waals surface area contributed by atoms with Gasteiger partial charge in [-0.25, -0.2) is 0 Å². The average Bonchev–Trinajstić information content (AvgIpc) is 2.05. The highest BCUT2D eigenvalue weighted by Gasteiger charge is 1.98. The number of hydrogen-bond donors (Lipinski definition) is 0. The van der Waals surface area contributed by atoms with Gasteiger partial charge < -0.3 is 0 Å². The molecule has 0 aromatic heterocycles. The molecular formula is C12H30Al2Cl. The zero-order valence-electron chi connectivity index (χ0n) is 11.7. The lowest BCUT2D eigenvalue weighted by atomic mass is 10.3. The van der Waals surface area contributed by atoms with Gasteiger partial charge in [-0.15, -0.1) is 28.3 Å². The molecule has 0 aliphatic rings. The third-order valence-electron chi connectivity index (χ3n) is 1.98. The summed E-state index contributed by atoms with van der Waals surface area (Å²) >= 11 is 2.15. The van der Waals surface area contributed by atoms with Gasteiger partial charge in [0.25, 0.3) is 0 Å². The summed E-state index contributed by atoms with van der Waals surface area (Å²) in [5.41, 5.74) is 0. The van der Waals surface area contributed by atoms with E-state index in [0.717, 1.165) is 27.1 Å². The third-order valence-corrected chi connectivity index (χ3v) is 5.24. The van der Waals surface area contributed by atoms with E-state index >= 15 is 0 Å². The van der Waals surface area contributed by atoms with Crippen LogP contribution in [-0.2, 0) is 0 Å². The van der Waals surface area contributed by atoms with E-state index in [1.54, 1.807) is 0 Å². The van der Waals surface area contributed by atoms with Crippen LogP contribution in [0.25, 0.3) is 0 Å². The summed E-state index contributed by atoms with van der Waals surface area (Å²) in [6.45, 7) is 11.5. The molecule has 0 saturated carbocycles. The lowest BCUT2D eigenvalue weighted by molar-refractivity contribution is 0.700. The van der Waals surface area contributed by atoms with E-state index in [2.05, 4.69) is 34.6 Å². The zero-order chi connectivity index (χ0) is 11.4. The molecule has 3 heteroatoms. The Labute approximate surface area is 119 Å². The number of unbranched alkanes of at least 4 members (excludes halogenated alkanes) is 1. The lowest BCUT2D eigenvalue weighted by Gasteiger charge is -2.03. The Morgan fingerprint density at radius 2 is 1.40 bits per heavy atom. The third kappa shape index (κ3) is 31.3. The van der Waals surface area contributed by atoms with Crippen LogP contribution in [0.15, 0.2) is 0 Å². The second-order valence-electron chi connectivity index (χ2n) is 4.90. The van der Waals surface area contributed by atoms with Crippen LogP contribution in [0, 0.1) is 11.8 Å². The standard InChI is InChI=1S/3C4H9.2Al.ClH.2H/c2*1-4(2)3;1-3-4-2;;;;;/h2*4H,1H2,2-3H3;1,3-4H2,2H3;;;1H;;. The SMILES string of the molecule is CC(C)[CH2][Al][CH2]C(C)C.CCC[CH2][AlH2].Cl. The van der Waals surface area contributed by atoms with Crippen molar-refractivity contribution in [3.8, 4) is 0 Å². The molecular weight excluding hydrogens is 234 g/mol. The largest absolute Gasteiger partial charge is 0.211 e. The van der Waals surface area contributed by atoms with Crippen LogP contribution >= 0.6 is 12.4 Å². The molecule has 0 fully saturated rings. The second-order valence-corrected chi connectivity index (χ2v) is 7.42. The molecule has 15 heavy (non-hydrogen) atoms. The molecule has 0 atom stereocenters. The van der Waals surface area contributed by atoms with Crippen molar-refractivity contribution in [3.63, 3.8) is 0 Å². The van der Waals surface area contributed by atoms with Crippen LogP contribution in [0.5, 0.6) is 0 Å². The minimum Gasteiger partial charge on any atom is -0.147 e. The summed E-state index contributed by atoms with van der Waals surface area (Å²) in [5.74, 6) is 1.86. The fourth-order valence-corrected chi connectivity index (χ4v) is 3.35. The van der Waals surface area contributed by atoms with Crippen molar-refractivity contribution < 1.29 is 0 Å². The lowest BCUT2D eigenvalue weighted by Crippen LogP contribution is -1.99. The van der Waals surface area contributed by atoms with E-state index < -0.39 is 0 Å². The van der Waals surface area contributed by atoms with Gasteiger partial charge in [-0.1, -0.05) is 59.3 Å². The predicted octanol–water partition coefficient (Wildman–Crippen LogP) is 4.10. The molecule has 0 rings (SSSR count). The number of rotatable bonds is 6. The summed E-state index contributed by atoms with van der Waals surface area (Å²) in [7, 11) is 0. The Morgan fingerprint density at radius 1 is 1.00 bits per heavy atom. The maximum Gasteiger partial charge on any atom is 0.211 e. The summed E-state index contributed by atoms with van der Waals surface area (Å²) in [5, 5.41) is 4.45. The molecule has 0 aliphatic heterocycles. The molecule has 0 aromatic carbocycles. The number of halogens is 1. The Kier molecular flexibility index (Phi) is 25.6. The van der Waals surface area contributed by atoms with E-state index in [1.807, 2.05) is 0 Å². The molecule has 0 amide bonds. The molecule has 91 valence electrons. The van der Waals surface area contributed by atoms with Crippen LogP contribution in [0.2, 0.25) is 15.8 Å². The van der Waals surface area contributed by atoms with Crippen molar-refractivity contribution >= 4 is 43.9 Å². The maximum absolute atomic E-state index is 2.31. The van der Waals surface area contributed by atoms with Gasteiger partial charge in [0.05, 0.1) is 0 Å². The van der Waals surface area contributed by atoms with Gasteiger partial charge in [-0.05, 0) is 0 Å². The maximum atomic E-state index is 2.31. The minimum absolute atomic E-state index is 0. The summed E-state index contributed by atoms with van der Waals surface area (Å²) in [6, 6.07) is 0. The molecule has 1 radical (unpaired) electrons. The van der Waals surface area contributed by atoms with Crippen molar-refractivity contribution in [1.29, 1.82) is 0 Å². The fourth-order valence-electron chi connectivity index (χ4n) is 1.12. The first-order valence-corrected chi connectivity index (χ1v) is 9.40. The molecule has 0 N–H and O–H groups in total. The summed E-state index contributed by atoms with van der Waals surface area (Å²) in [6.07, 6.45) is 2.83. The highest BCUT2D eigenvalue weighted by molar-refractivity contribution is 6.35. The van der Waals surface area contributed by atoms with Crippen molar-refractivity contribution in [1.82, 2.24) is 0 Å². The van der Waals surface area contributed by atoms with Gasteiger partial charge in [0.1, 0.15) is 0 Å². The van der Waals surface area contributed by atoms with Gasteiger partial charge in [0.2, 0.25) is 31.5 Å². The van der Waals surface area contributed by atoms with Crippen LogP contribution in [0.4, 0.5) is 0 Å². The molecule has 0 nitrogen and oxygen atoms in total. The fraction of sp³-hybridized carbons (Fsp3) is 1.00. The first-order chi connectivity index (χ1) is 6.54. The Balaban J connectivity index is -0.000000208. The van der Waals surface area contributed by atoms with Gasteiger partial charge in [0, 0.05) is 0 Å². The van der Waals surface area contributed by atoms with E-state index in [4.69, 9.17) is 0 Å². The molecule has 0 bridgehead atoms. The molecule has 0 spiro atoms. The quantitative estimate of drug-likeness (QED) is 0.633. The molecule has 0 aromatic rings. The molecule has 0 aliphatic carbocycles. The predicted molar refractivity (Wildman–Crippen MR) is 80.6 cm³/mol. The highest BCUT2D eigenvalue weighted by atomic mass is 35.5. The van der Waals surface area contributed by atoms with Gasteiger partial charge in [-0.2, -0.15) is 0 Å². The Bertz CT molecular complexity index is 85.6. The van der Waals surface area contributed by atoms with Gasteiger partial charge in [0.15, 0.2) is 0 Å². The zero-order valence-corrected chi connectivity index (χ0v) is 15.6. The van der Waals surface area contributed by atoms with E-state index in [-0.39, 0.29) is 12.4 Å². The Hall–Kier alpha value is 1.35. The van der Waals surface area contributed by atoms with E-state index in [1.165, 1.54) is 45.0 Å². The normalized spacial score (nSPS) is 9.27. The smallest absolute Gasteiger partial charge is 0.147 e. The molecule has 0 heterocycles. The molecule has 0 unspecified atom stereocenters. The summed E-state index contributed by atoms with van der Waals surface area (Å²) < 4.78 is 0. The first-order valence-electron chi connectivity index (χ1n) is 6.36. The van der Waals surface area contributed by atoms with Gasteiger partial charge >= 0.3 is 0 Å². The van der Waals surface area contributed by atoms with Crippen molar-refractivity contribution in [2.24, 2.45) is 11.8 Å². The first kappa shape index (κ1) is 21.6. The monoisotopic (exact) mass is 263 g/mol. The topological polar surface area (TPSA) is 0 Å². The second kappa shape index (κ2) is 17.7. The van der Waals surface area contributed by atoms with Crippen molar-refractivity contribution in [2.75, 3.05) is 0 Å². The van der Waals surface area contributed by atoms with Crippen LogP contribution in [-0.4, -0.2) is 31.5 Å². The van der Waals surface area contributed by atoms with Gasteiger partial charge in [-0.3, -0.25) is 0 Å². The van der Waals surface area contributed by atoms with Crippen molar-refractivity contribution in [2.45, 2.75) is 63.3 Å². The summed E-state index contributed by atoms with van der Waals surface area (Å²) in [4.78, 5) is 0. The van der Waals surface area contributed by atoms with Crippen LogP contribution < -0.4 is 0 Å². The van der Waals surface area contributed by atoms with Crippen molar-refractivity contribution in [3.05, 3.63) is 0 Å². The minimum atomic E-state index is 0. The highest BCUT2D eigenvalue weighted by Crippen LogP contribution is 2.05. The van der Waals surface area contributed by atoms with Crippen LogP contribution in [0.3, 0.4) is 0 Å².